The molecule has 0 aliphatic carbocycles. The smallest absolute Gasteiger partial charge is 0.278 e. The van der Waals surface area contributed by atoms with Gasteiger partial charge < -0.3 is 14.8 Å². The molecule has 0 saturated heterocycles. The average molecular weight is 437 g/mol. The summed E-state index contributed by atoms with van der Waals surface area (Å²) in [6.07, 6.45) is 0.673. The summed E-state index contributed by atoms with van der Waals surface area (Å²) in [4.78, 5) is 27.9. The summed E-state index contributed by atoms with van der Waals surface area (Å²) in [5.74, 6) is 0.158. The summed E-state index contributed by atoms with van der Waals surface area (Å²) in [6, 6.07) is 13.3. The maximum absolute atomic E-state index is 13.3. The lowest BCUT2D eigenvalue weighted by Crippen LogP contribution is -2.34. The Bertz CT molecular complexity index is 1010. The molecule has 1 N–H and O–H groups in total. The minimum Gasteiger partial charge on any atom is -0.491 e. The number of carbonyl (C=O) groups excluding carboxylic acids is 2. The molecular formula is C26H32N2O4. The van der Waals surface area contributed by atoms with E-state index in [0.29, 0.717) is 37.4 Å². The van der Waals surface area contributed by atoms with Gasteiger partial charge in [-0.3, -0.25) is 14.5 Å². The largest absolute Gasteiger partial charge is 0.491 e. The third-order valence-electron chi connectivity index (χ3n) is 5.19. The summed E-state index contributed by atoms with van der Waals surface area (Å²) < 4.78 is 11.1. The molecule has 0 spiro atoms. The zero-order chi connectivity index (χ0) is 23.3. The molecule has 1 heterocycles. The SMILES string of the molecule is CCOCCCN1C(=O)C(Nc2ccc(OC(C)C)cc2)=C(c2ccc(C)cc2C)C1=O. The Kier molecular flexibility index (Phi) is 7.70. The van der Waals surface area contributed by atoms with Gasteiger partial charge in [0.1, 0.15) is 11.4 Å². The maximum Gasteiger partial charge on any atom is 0.278 e. The number of amides is 2. The van der Waals surface area contributed by atoms with Crippen molar-refractivity contribution in [3.05, 3.63) is 64.9 Å². The lowest BCUT2D eigenvalue weighted by Gasteiger charge is -2.15. The van der Waals surface area contributed by atoms with Crippen LogP contribution in [0.2, 0.25) is 0 Å². The van der Waals surface area contributed by atoms with Crippen molar-refractivity contribution in [2.24, 2.45) is 0 Å². The molecule has 6 nitrogen and oxygen atoms in total. The van der Waals surface area contributed by atoms with Crippen LogP contribution in [-0.2, 0) is 14.3 Å². The quantitative estimate of drug-likeness (QED) is 0.432. The highest BCUT2D eigenvalue weighted by atomic mass is 16.5. The minimum absolute atomic E-state index is 0.0758. The van der Waals surface area contributed by atoms with Crippen molar-refractivity contribution >= 4 is 23.1 Å². The highest BCUT2D eigenvalue weighted by Crippen LogP contribution is 2.33. The van der Waals surface area contributed by atoms with Gasteiger partial charge in [0.25, 0.3) is 11.8 Å². The highest BCUT2D eigenvalue weighted by molar-refractivity contribution is 6.36. The molecule has 170 valence electrons. The monoisotopic (exact) mass is 436 g/mol. The van der Waals surface area contributed by atoms with E-state index in [0.717, 1.165) is 28.1 Å². The molecular weight excluding hydrogens is 404 g/mol. The van der Waals surface area contributed by atoms with E-state index >= 15 is 0 Å². The number of hydrogen-bond acceptors (Lipinski definition) is 5. The zero-order valence-electron chi connectivity index (χ0n) is 19.5. The second-order valence-electron chi connectivity index (χ2n) is 8.20. The van der Waals surface area contributed by atoms with Crippen LogP contribution in [0.3, 0.4) is 0 Å². The predicted octanol–water partition coefficient (Wildman–Crippen LogP) is 4.71. The standard InChI is InChI=1S/C26H32N2O4/c1-6-31-15-7-14-28-25(29)23(22-13-8-18(4)16-19(22)5)24(26(28)30)27-20-9-11-21(12-10-20)32-17(2)3/h8-13,16-17,27H,6-7,14-15H2,1-5H3. The first-order valence-electron chi connectivity index (χ1n) is 11.1. The molecule has 1 aliphatic rings. The average Bonchev–Trinajstić information content (AvgIpc) is 2.96. The van der Waals surface area contributed by atoms with Gasteiger partial charge in [-0.1, -0.05) is 23.8 Å². The highest BCUT2D eigenvalue weighted by Gasteiger charge is 2.39. The van der Waals surface area contributed by atoms with Crippen LogP contribution in [0, 0.1) is 13.8 Å². The summed E-state index contributed by atoms with van der Waals surface area (Å²) in [5, 5.41) is 3.20. The van der Waals surface area contributed by atoms with Gasteiger partial charge in [-0.25, -0.2) is 0 Å². The van der Waals surface area contributed by atoms with Gasteiger partial charge in [0.05, 0.1) is 11.7 Å². The Hall–Kier alpha value is -3.12. The van der Waals surface area contributed by atoms with E-state index in [1.165, 1.54) is 4.90 Å². The van der Waals surface area contributed by atoms with Gasteiger partial charge in [0.2, 0.25) is 0 Å². The summed E-state index contributed by atoms with van der Waals surface area (Å²) in [6.45, 7) is 11.3. The van der Waals surface area contributed by atoms with E-state index in [1.807, 2.05) is 77.1 Å². The van der Waals surface area contributed by atoms with Crippen molar-refractivity contribution < 1.29 is 19.1 Å². The second-order valence-corrected chi connectivity index (χ2v) is 8.20. The molecule has 6 heteroatoms. The lowest BCUT2D eigenvalue weighted by atomic mass is 9.97. The molecule has 0 atom stereocenters. The maximum atomic E-state index is 13.3. The number of imide groups is 1. The molecule has 2 amide bonds. The Morgan fingerprint density at radius 2 is 1.72 bits per heavy atom. The van der Waals surface area contributed by atoms with Crippen molar-refractivity contribution in [1.29, 1.82) is 0 Å². The molecule has 0 bridgehead atoms. The number of ether oxygens (including phenoxy) is 2. The van der Waals surface area contributed by atoms with Crippen LogP contribution in [-0.4, -0.2) is 42.6 Å². The number of aryl methyl sites for hydroxylation is 2. The van der Waals surface area contributed by atoms with Crippen LogP contribution in [0.25, 0.3) is 5.57 Å². The van der Waals surface area contributed by atoms with Gasteiger partial charge >= 0.3 is 0 Å². The Balaban J connectivity index is 1.93. The topological polar surface area (TPSA) is 67.9 Å². The third kappa shape index (κ3) is 5.37. The Morgan fingerprint density at radius 1 is 1.00 bits per heavy atom. The predicted molar refractivity (Wildman–Crippen MR) is 126 cm³/mol. The number of nitrogens with one attached hydrogen (secondary N) is 1. The van der Waals surface area contributed by atoms with E-state index in [-0.39, 0.29) is 17.9 Å². The van der Waals surface area contributed by atoms with Crippen LogP contribution in [0.15, 0.2) is 48.2 Å². The lowest BCUT2D eigenvalue weighted by molar-refractivity contribution is -0.137. The van der Waals surface area contributed by atoms with Gasteiger partial charge in [-0.15, -0.1) is 0 Å². The van der Waals surface area contributed by atoms with Crippen molar-refractivity contribution in [1.82, 2.24) is 4.90 Å². The van der Waals surface area contributed by atoms with Crippen molar-refractivity contribution in [3.63, 3.8) is 0 Å². The number of rotatable bonds is 10. The molecule has 32 heavy (non-hydrogen) atoms. The van der Waals surface area contributed by atoms with Crippen LogP contribution in [0.5, 0.6) is 5.75 Å². The van der Waals surface area contributed by atoms with Gasteiger partial charge in [0.15, 0.2) is 0 Å². The Labute approximate surface area is 190 Å². The molecule has 0 unspecified atom stereocenters. The second kappa shape index (κ2) is 10.5. The molecule has 2 aromatic rings. The van der Waals surface area contributed by atoms with E-state index in [9.17, 15) is 9.59 Å². The van der Waals surface area contributed by atoms with Crippen molar-refractivity contribution in [3.8, 4) is 5.75 Å². The Morgan fingerprint density at radius 3 is 2.34 bits per heavy atom. The van der Waals surface area contributed by atoms with Gasteiger partial charge in [0, 0.05) is 25.4 Å². The fourth-order valence-electron chi connectivity index (χ4n) is 3.74. The van der Waals surface area contributed by atoms with Crippen LogP contribution >= 0.6 is 0 Å². The van der Waals surface area contributed by atoms with Gasteiger partial charge in [-0.05, 0) is 76.4 Å². The fourth-order valence-corrected chi connectivity index (χ4v) is 3.74. The first kappa shape index (κ1) is 23.5. The molecule has 0 aromatic heterocycles. The first-order valence-corrected chi connectivity index (χ1v) is 11.1. The summed E-state index contributed by atoms with van der Waals surface area (Å²) in [5.41, 5.74) is 4.26. The number of benzene rings is 2. The molecule has 0 radical (unpaired) electrons. The number of anilines is 1. The van der Waals surface area contributed by atoms with E-state index in [4.69, 9.17) is 9.47 Å². The molecule has 3 rings (SSSR count). The number of nitrogens with zero attached hydrogens (tertiary/aromatic N) is 1. The first-order chi connectivity index (χ1) is 15.3. The van der Waals surface area contributed by atoms with Crippen LogP contribution in [0.4, 0.5) is 5.69 Å². The number of hydrogen-bond donors (Lipinski definition) is 1. The summed E-state index contributed by atoms with van der Waals surface area (Å²) >= 11 is 0. The molecule has 0 fully saturated rings. The van der Waals surface area contributed by atoms with E-state index in [2.05, 4.69) is 5.32 Å². The van der Waals surface area contributed by atoms with Crippen LogP contribution in [0.1, 0.15) is 43.9 Å². The molecule has 1 aliphatic heterocycles. The molecule has 2 aromatic carbocycles. The van der Waals surface area contributed by atoms with Crippen molar-refractivity contribution in [2.45, 2.75) is 47.1 Å². The van der Waals surface area contributed by atoms with Crippen molar-refractivity contribution in [2.75, 3.05) is 25.1 Å². The van der Waals surface area contributed by atoms with Gasteiger partial charge in [-0.2, -0.15) is 0 Å². The third-order valence-corrected chi connectivity index (χ3v) is 5.19. The van der Waals surface area contributed by atoms with Crippen LogP contribution < -0.4 is 10.1 Å². The minimum atomic E-state index is -0.316. The van der Waals surface area contributed by atoms with E-state index in [1.54, 1.807) is 0 Å². The summed E-state index contributed by atoms with van der Waals surface area (Å²) in [7, 11) is 0. The molecule has 0 saturated carbocycles. The number of carbonyl (C=O) groups is 2. The van der Waals surface area contributed by atoms with E-state index < -0.39 is 0 Å². The fraction of sp³-hybridized carbons (Fsp3) is 0.385. The normalized spacial score (nSPS) is 14.0. The zero-order valence-corrected chi connectivity index (χ0v) is 19.5.